The van der Waals surface area contributed by atoms with Crippen molar-refractivity contribution in [2.24, 2.45) is 0 Å². The SMILES string of the molecule is O=C(c1ccc(Br)c(Cl)c1F)C1CSCCS1. The third-order valence-corrected chi connectivity index (χ3v) is 6.42. The van der Waals surface area contributed by atoms with Crippen molar-refractivity contribution in [3.63, 3.8) is 0 Å². The second-order valence-corrected chi connectivity index (χ2v) is 7.21. The van der Waals surface area contributed by atoms with Gasteiger partial charge in [-0.25, -0.2) is 4.39 Å². The first-order valence-corrected chi connectivity index (χ1v) is 8.35. The van der Waals surface area contributed by atoms with Gasteiger partial charge in [-0.2, -0.15) is 11.8 Å². The summed E-state index contributed by atoms with van der Waals surface area (Å²) in [4.78, 5) is 12.1. The Kier molecular flexibility index (Phi) is 4.80. The van der Waals surface area contributed by atoms with E-state index in [0.717, 1.165) is 17.3 Å². The minimum absolute atomic E-state index is 0.0238. The molecule has 2 rings (SSSR count). The number of Topliss-reactive ketones (excluding diaryl/α,β-unsaturated/α-hetero) is 1. The van der Waals surface area contributed by atoms with Crippen LogP contribution >= 0.6 is 51.1 Å². The van der Waals surface area contributed by atoms with Crippen LogP contribution in [-0.2, 0) is 0 Å². The summed E-state index contributed by atoms with van der Waals surface area (Å²) in [5.41, 5.74) is 0.0956. The van der Waals surface area contributed by atoms with Gasteiger partial charge < -0.3 is 0 Å². The van der Waals surface area contributed by atoms with Gasteiger partial charge in [-0.05, 0) is 28.1 Å². The van der Waals surface area contributed by atoms with Crippen LogP contribution in [0.5, 0.6) is 0 Å². The highest BCUT2D eigenvalue weighted by Gasteiger charge is 2.26. The molecule has 1 fully saturated rings. The van der Waals surface area contributed by atoms with Crippen molar-refractivity contribution < 1.29 is 9.18 Å². The van der Waals surface area contributed by atoms with Crippen LogP contribution in [0.2, 0.25) is 5.02 Å². The molecule has 0 spiro atoms. The number of carbonyl (C=O) groups is 1. The van der Waals surface area contributed by atoms with E-state index in [-0.39, 0.29) is 21.6 Å². The molecule has 1 nitrogen and oxygen atoms in total. The van der Waals surface area contributed by atoms with Gasteiger partial charge in [-0.1, -0.05) is 11.6 Å². The average molecular weight is 356 g/mol. The lowest BCUT2D eigenvalue weighted by Crippen LogP contribution is -2.25. The van der Waals surface area contributed by atoms with Crippen LogP contribution in [0.1, 0.15) is 10.4 Å². The van der Waals surface area contributed by atoms with Crippen LogP contribution in [0.15, 0.2) is 16.6 Å². The fourth-order valence-corrected chi connectivity index (χ4v) is 4.62. The molecule has 1 heterocycles. The zero-order valence-corrected chi connectivity index (χ0v) is 12.7. The summed E-state index contributed by atoms with van der Waals surface area (Å²) in [5, 5.41) is -0.176. The first kappa shape index (κ1) is 13.7. The molecule has 6 heteroatoms. The van der Waals surface area contributed by atoms with Gasteiger partial charge in [0.2, 0.25) is 0 Å². The van der Waals surface area contributed by atoms with Crippen LogP contribution in [-0.4, -0.2) is 28.3 Å². The Morgan fingerprint density at radius 1 is 1.47 bits per heavy atom. The van der Waals surface area contributed by atoms with Gasteiger partial charge in [0, 0.05) is 21.7 Å². The summed E-state index contributed by atoms with van der Waals surface area (Å²) in [6.07, 6.45) is 0. The molecule has 0 radical (unpaired) electrons. The third-order valence-electron chi connectivity index (χ3n) is 2.41. The Labute approximate surface area is 121 Å². The lowest BCUT2D eigenvalue weighted by molar-refractivity contribution is 0.0991. The Morgan fingerprint density at radius 3 is 2.88 bits per heavy atom. The van der Waals surface area contributed by atoms with Crippen molar-refractivity contribution in [1.29, 1.82) is 0 Å². The molecule has 1 atom stereocenters. The van der Waals surface area contributed by atoms with E-state index in [1.165, 1.54) is 6.07 Å². The first-order chi connectivity index (χ1) is 8.11. The second-order valence-electron chi connectivity index (χ2n) is 3.52. The molecule has 1 aliphatic rings. The molecule has 0 saturated carbocycles. The molecule has 0 N–H and O–H groups in total. The summed E-state index contributed by atoms with van der Waals surface area (Å²) >= 11 is 12.2. The highest BCUT2D eigenvalue weighted by Crippen LogP contribution is 2.31. The zero-order valence-electron chi connectivity index (χ0n) is 8.71. The predicted molar refractivity (Wildman–Crippen MR) is 77.0 cm³/mol. The molecule has 92 valence electrons. The van der Waals surface area contributed by atoms with Crippen LogP contribution in [0.3, 0.4) is 0 Å². The smallest absolute Gasteiger partial charge is 0.179 e. The van der Waals surface area contributed by atoms with Crippen molar-refractivity contribution in [3.8, 4) is 0 Å². The van der Waals surface area contributed by atoms with Crippen LogP contribution in [0.4, 0.5) is 4.39 Å². The van der Waals surface area contributed by atoms with E-state index in [2.05, 4.69) is 15.9 Å². The second kappa shape index (κ2) is 5.95. The average Bonchev–Trinajstić information content (AvgIpc) is 2.36. The predicted octanol–water partition coefficient (Wildman–Crippen LogP) is 4.27. The van der Waals surface area contributed by atoms with E-state index in [0.29, 0.717) is 4.47 Å². The maximum atomic E-state index is 13.9. The number of thioether (sulfide) groups is 2. The number of ketones is 1. The Balaban J connectivity index is 2.27. The van der Waals surface area contributed by atoms with E-state index in [9.17, 15) is 9.18 Å². The van der Waals surface area contributed by atoms with Crippen LogP contribution < -0.4 is 0 Å². The van der Waals surface area contributed by atoms with Gasteiger partial charge in [0.25, 0.3) is 0 Å². The van der Waals surface area contributed by atoms with Crippen molar-refractivity contribution in [2.45, 2.75) is 5.25 Å². The molecule has 1 unspecified atom stereocenters. The summed E-state index contributed by atoms with van der Waals surface area (Å²) in [5.74, 6) is 1.96. The fraction of sp³-hybridized carbons (Fsp3) is 0.364. The van der Waals surface area contributed by atoms with Gasteiger partial charge in [-0.3, -0.25) is 4.79 Å². The zero-order chi connectivity index (χ0) is 12.4. The molecule has 17 heavy (non-hydrogen) atoms. The molecule has 0 amide bonds. The fourth-order valence-electron chi connectivity index (χ4n) is 1.53. The third kappa shape index (κ3) is 3.00. The van der Waals surface area contributed by atoms with Gasteiger partial charge in [0.15, 0.2) is 11.6 Å². The number of benzene rings is 1. The largest absolute Gasteiger partial charge is 0.293 e. The summed E-state index contributed by atoms with van der Waals surface area (Å²) in [7, 11) is 0. The molecule has 0 aliphatic carbocycles. The summed E-state index contributed by atoms with van der Waals surface area (Å²) in [6.45, 7) is 0. The van der Waals surface area contributed by atoms with E-state index in [4.69, 9.17) is 11.6 Å². The Hall–Kier alpha value is 0.290. The Morgan fingerprint density at radius 2 is 2.24 bits per heavy atom. The topological polar surface area (TPSA) is 17.1 Å². The quantitative estimate of drug-likeness (QED) is 0.582. The normalized spacial score (nSPS) is 20.3. The number of halogens is 3. The van der Waals surface area contributed by atoms with Crippen molar-refractivity contribution in [3.05, 3.63) is 33.0 Å². The van der Waals surface area contributed by atoms with E-state index in [1.807, 2.05) is 0 Å². The minimum atomic E-state index is -0.623. The van der Waals surface area contributed by atoms with Gasteiger partial charge in [0.05, 0.1) is 15.8 Å². The standard InChI is InChI=1S/C11H9BrClFOS2/c12-7-2-1-6(10(14)9(7)13)11(15)8-5-16-3-4-17-8/h1-2,8H,3-5H2. The number of hydrogen-bond donors (Lipinski definition) is 0. The van der Waals surface area contributed by atoms with Gasteiger partial charge in [-0.15, -0.1) is 11.8 Å². The number of rotatable bonds is 2. The highest BCUT2D eigenvalue weighted by atomic mass is 79.9. The van der Waals surface area contributed by atoms with Gasteiger partial charge in [0.1, 0.15) is 0 Å². The molecular weight excluding hydrogens is 347 g/mol. The number of carbonyl (C=O) groups excluding carboxylic acids is 1. The molecule has 1 saturated heterocycles. The molecule has 0 bridgehead atoms. The van der Waals surface area contributed by atoms with Crippen LogP contribution in [0, 0.1) is 5.82 Å². The molecule has 1 aromatic rings. The van der Waals surface area contributed by atoms with Crippen molar-refractivity contribution in [2.75, 3.05) is 17.3 Å². The van der Waals surface area contributed by atoms with Gasteiger partial charge >= 0.3 is 0 Å². The maximum absolute atomic E-state index is 13.9. The highest BCUT2D eigenvalue weighted by molar-refractivity contribution is 9.10. The Bertz CT molecular complexity index is 449. The minimum Gasteiger partial charge on any atom is -0.293 e. The summed E-state index contributed by atoms with van der Waals surface area (Å²) < 4.78 is 14.3. The van der Waals surface area contributed by atoms with Crippen molar-refractivity contribution >= 4 is 56.8 Å². The maximum Gasteiger partial charge on any atom is 0.179 e. The lowest BCUT2D eigenvalue weighted by atomic mass is 10.1. The molecule has 0 aromatic heterocycles. The van der Waals surface area contributed by atoms with E-state index in [1.54, 1.807) is 29.6 Å². The summed E-state index contributed by atoms with van der Waals surface area (Å²) in [6, 6.07) is 3.10. The van der Waals surface area contributed by atoms with Crippen molar-refractivity contribution in [1.82, 2.24) is 0 Å². The monoisotopic (exact) mass is 354 g/mol. The number of hydrogen-bond acceptors (Lipinski definition) is 3. The van der Waals surface area contributed by atoms with Crippen LogP contribution in [0.25, 0.3) is 0 Å². The first-order valence-electron chi connectivity index (χ1n) is 4.98. The molecular formula is C11H9BrClFOS2. The van der Waals surface area contributed by atoms with E-state index >= 15 is 0 Å². The molecule has 1 aliphatic heterocycles. The molecule has 1 aromatic carbocycles. The van der Waals surface area contributed by atoms with E-state index < -0.39 is 5.82 Å². The lowest BCUT2D eigenvalue weighted by Gasteiger charge is -2.20.